The number of thiazole rings is 2. The topological polar surface area (TPSA) is 128 Å². The predicted molar refractivity (Wildman–Crippen MR) is 103 cm³/mol. The molecule has 2 aromatic heterocycles. The Bertz CT molecular complexity index is 926. The molecule has 0 atom stereocenters. The normalized spacial score (nSPS) is 14.3. The van der Waals surface area contributed by atoms with Gasteiger partial charge in [-0.15, -0.1) is 17.8 Å². The molecule has 0 bridgehead atoms. The first kappa shape index (κ1) is 19.7. The van der Waals surface area contributed by atoms with Crippen LogP contribution in [-0.4, -0.2) is 51.5 Å². The first-order chi connectivity index (χ1) is 13.5. The minimum absolute atomic E-state index is 0.0496. The van der Waals surface area contributed by atoms with Crippen LogP contribution in [0.4, 0.5) is 14.9 Å². The van der Waals surface area contributed by atoms with E-state index in [1.807, 2.05) is 0 Å². The number of rotatable bonds is 5. The molecule has 0 saturated carbocycles. The van der Waals surface area contributed by atoms with Crippen LogP contribution in [-0.2, 0) is 4.74 Å². The number of hydrogen-bond donors (Lipinski definition) is 1. The zero-order valence-corrected chi connectivity index (χ0v) is 16.1. The average Bonchev–Trinajstić information content (AvgIpc) is 3.36. The zero-order valence-electron chi connectivity index (χ0n) is 14.5. The molecule has 10 nitrogen and oxygen atoms in total. The molecule has 0 radical (unpaired) electrons. The van der Waals surface area contributed by atoms with Crippen LogP contribution in [0.1, 0.15) is 34.3 Å². The summed E-state index contributed by atoms with van der Waals surface area (Å²) in [4.78, 5) is 44.0. The summed E-state index contributed by atoms with van der Waals surface area (Å²) >= 11 is 2.15. The molecule has 28 heavy (non-hydrogen) atoms. The number of nitro groups is 1. The van der Waals surface area contributed by atoms with E-state index in [9.17, 15) is 19.7 Å². The molecule has 2 amide bonds. The highest BCUT2D eigenvalue weighted by atomic mass is 32.1. The van der Waals surface area contributed by atoms with E-state index in [0.29, 0.717) is 25.9 Å². The van der Waals surface area contributed by atoms with Gasteiger partial charge in [0.05, 0.1) is 9.93 Å². The molecule has 0 aliphatic carbocycles. The largest absolute Gasteiger partial charge is 0.436 e. The first-order valence-corrected chi connectivity index (χ1v) is 9.89. The zero-order chi connectivity index (χ0) is 20.1. The van der Waals surface area contributed by atoms with E-state index in [2.05, 4.69) is 21.2 Å². The van der Waals surface area contributed by atoms with E-state index in [-0.39, 0.29) is 28.4 Å². The number of nitrogens with one attached hydrogen (secondary N) is 1. The van der Waals surface area contributed by atoms with Gasteiger partial charge in [0.15, 0.2) is 11.7 Å². The lowest BCUT2D eigenvalue weighted by molar-refractivity contribution is -0.380. The van der Waals surface area contributed by atoms with Crippen molar-refractivity contribution in [3.05, 3.63) is 32.4 Å². The molecular formula is C16H15N5O5S2. The molecule has 2 aromatic rings. The van der Waals surface area contributed by atoms with Crippen molar-refractivity contribution in [2.75, 3.05) is 25.0 Å². The first-order valence-electron chi connectivity index (χ1n) is 8.20. The van der Waals surface area contributed by atoms with Crippen molar-refractivity contribution in [3.8, 4) is 12.3 Å². The monoisotopic (exact) mass is 421 g/mol. The van der Waals surface area contributed by atoms with Crippen LogP contribution in [0.2, 0.25) is 0 Å². The smallest absolute Gasteiger partial charge is 0.410 e. The molecule has 3 heterocycles. The Labute approximate surface area is 167 Å². The van der Waals surface area contributed by atoms with E-state index < -0.39 is 16.9 Å². The Hall–Kier alpha value is -3.04. The summed E-state index contributed by atoms with van der Waals surface area (Å²) < 4.78 is 4.92. The van der Waals surface area contributed by atoms with Gasteiger partial charge in [0.2, 0.25) is 0 Å². The average molecular weight is 421 g/mol. The number of aromatic nitrogens is 2. The van der Waals surface area contributed by atoms with E-state index in [1.165, 1.54) is 11.3 Å². The Morgan fingerprint density at radius 2 is 2.21 bits per heavy atom. The number of carbonyl (C=O) groups is 2. The van der Waals surface area contributed by atoms with Gasteiger partial charge in [0.1, 0.15) is 11.9 Å². The van der Waals surface area contributed by atoms with E-state index in [1.54, 1.807) is 10.3 Å². The Kier molecular flexibility index (Phi) is 6.17. The summed E-state index contributed by atoms with van der Waals surface area (Å²) in [6.07, 6.45) is 7.16. The van der Waals surface area contributed by atoms with Gasteiger partial charge in [0.25, 0.3) is 5.91 Å². The van der Waals surface area contributed by atoms with Crippen molar-refractivity contribution in [3.63, 3.8) is 0 Å². The molecule has 1 aliphatic heterocycles. The van der Waals surface area contributed by atoms with Crippen LogP contribution in [0, 0.1) is 22.5 Å². The van der Waals surface area contributed by atoms with Crippen LogP contribution in [0.15, 0.2) is 11.6 Å². The summed E-state index contributed by atoms with van der Waals surface area (Å²) in [5.41, 5.74) is 0.230. The third-order valence-corrected chi connectivity index (χ3v) is 5.90. The highest BCUT2D eigenvalue weighted by molar-refractivity contribution is 7.18. The molecule has 3 rings (SSSR count). The van der Waals surface area contributed by atoms with E-state index in [4.69, 9.17) is 11.2 Å². The fourth-order valence-electron chi connectivity index (χ4n) is 2.65. The van der Waals surface area contributed by atoms with Crippen molar-refractivity contribution in [1.82, 2.24) is 14.9 Å². The van der Waals surface area contributed by atoms with Crippen LogP contribution in [0.25, 0.3) is 0 Å². The highest BCUT2D eigenvalue weighted by Gasteiger charge is 2.27. The minimum Gasteiger partial charge on any atom is -0.436 e. The molecule has 146 valence electrons. The highest BCUT2D eigenvalue weighted by Crippen LogP contribution is 2.31. The Morgan fingerprint density at radius 3 is 2.86 bits per heavy atom. The summed E-state index contributed by atoms with van der Waals surface area (Å²) in [6.45, 7) is 1.00. The second kappa shape index (κ2) is 8.77. The minimum atomic E-state index is -0.567. The molecule has 1 saturated heterocycles. The molecule has 12 heteroatoms. The lowest BCUT2D eigenvalue weighted by Crippen LogP contribution is -2.38. The number of likely N-dealkylation sites (tertiary alicyclic amines) is 1. The number of terminal acetylenes is 1. The molecular weight excluding hydrogens is 406 g/mol. The Balaban J connectivity index is 1.55. The fourth-order valence-corrected chi connectivity index (χ4v) is 4.25. The van der Waals surface area contributed by atoms with Crippen molar-refractivity contribution >= 4 is 44.8 Å². The third kappa shape index (κ3) is 4.62. The van der Waals surface area contributed by atoms with E-state index >= 15 is 0 Å². The number of carbonyl (C=O) groups excluding carboxylic acids is 2. The number of hydrogen-bond acceptors (Lipinski definition) is 9. The summed E-state index contributed by atoms with van der Waals surface area (Å²) in [7, 11) is 0. The second-order valence-corrected chi connectivity index (χ2v) is 7.70. The number of amides is 2. The van der Waals surface area contributed by atoms with Gasteiger partial charge in [0, 0.05) is 24.4 Å². The fraction of sp³-hybridized carbons (Fsp3) is 0.375. The maximum Gasteiger partial charge on any atom is 0.410 e. The van der Waals surface area contributed by atoms with Gasteiger partial charge in [-0.05, 0) is 24.2 Å². The Morgan fingerprint density at radius 1 is 1.46 bits per heavy atom. The maximum atomic E-state index is 12.3. The van der Waals surface area contributed by atoms with Crippen molar-refractivity contribution in [2.24, 2.45) is 0 Å². The number of anilines is 1. The van der Waals surface area contributed by atoms with Crippen LogP contribution in [0.3, 0.4) is 0 Å². The van der Waals surface area contributed by atoms with Crippen LogP contribution < -0.4 is 5.32 Å². The van der Waals surface area contributed by atoms with Gasteiger partial charge in [-0.2, -0.15) is 0 Å². The quantitative estimate of drug-likeness (QED) is 0.446. The lowest BCUT2D eigenvalue weighted by atomic mass is 9.98. The molecule has 1 aliphatic rings. The summed E-state index contributed by atoms with van der Waals surface area (Å²) in [5.74, 6) is 1.93. The molecule has 0 spiro atoms. The van der Waals surface area contributed by atoms with Gasteiger partial charge < -0.3 is 9.64 Å². The molecule has 1 fully saturated rings. The van der Waals surface area contributed by atoms with Crippen molar-refractivity contribution in [2.45, 2.75) is 18.8 Å². The van der Waals surface area contributed by atoms with Crippen molar-refractivity contribution in [1.29, 1.82) is 0 Å². The van der Waals surface area contributed by atoms with Gasteiger partial charge in [-0.1, -0.05) is 5.92 Å². The maximum absolute atomic E-state index is 12.3. The summed E-state index contributed by atoms with van der Waals surface area (Å²) in [6, 6.07) is 0. The van der Waals surface area contributed by atoms with E-state index in [0.717, 1.165) is 22.5 Å². The predicted octanol–water partition coefficient (Wildman–Crippen LogP) is 2.71. The molecule has 0 aromatic carbocycles. The standard InChI is InChI=1S/C16H15N5O5S2/c1-2-7-26-16(23)20-5-3-10(4-6-20)14-18-11(9-27-14)13(22)19-15-17-8-12(28-15)21(24)25/h1,8-10H,3-7H2,(H,17,19,22). The van der Waals surface area contributed by atoms with Gasteiger partial charge >= 0.3 is 11.1 Å². The second-order valence-electron chi connectivity index (χ2n) is 5.81. The van der Waals surface area contributed by atoms with Crippen molar-refractivity contribution < 1.29 is 19.2 Å². The van der Waals surface area contributed by atoms with Gasteiger partial charge in [-0.3, -0.25) is 20.2 Å². The molecule has 1 N–H and O–H groups in total. The van der Waals surface area contributed by atoms with Gasteiger partial charge in [-0.25, -0.2) is 14.8 Å². The van der Waals surface area contributed by atoms with Crippen LogP contribution >= 0.6 is 22.7 Å². The SMILES string of the molecule is C#CCOC(=O)N1CCC(c2nc(C(=O)Nc3ncc([N+](=O)[O-])s3)cs2)CC1. The lowest BCUT2D eigenvalue weighted by Gasteiger charge is -2.30. The summed E-state index contributed by atoms with van der Waals surface area (Å²) in [5, 5.41) is 15.6. The number of piperidine rings is 1. The molecule has 0 unspecified atom stereocenters. The third-order valence-electron chi connectivity index (χ3n) is 4.03. The number of ether oxygens (including phenoxy) is 1. The number of nitrogens with zero attached hydrogens (tertiary/aromatic N) is 4. The van der Waals surface area contributed by atoms with Crippen LogP contribution in [0.5, 0.6) is 0 Å².